The average Bonchev–Trinajstić information content (AvgIpc) is 2.69. The Hall–Kier alpha value is -2.49. The zero-order valence-electron chi connectivity index (χ0n) is 15.7. The number of anilines is 1. The summed E-state index contributed by atoms with van der Waals surface area (Å²) in [6.07, 6.45) is 0.735. The van der Waals surface area contributed by atoms with E-state index in [1.807, 2.05) is 6.92 Å². The van der Waals surface area contributed by atoms with Crippen LogP contribution in [-0.4, -0.2) is 36.6 Å². The lowest BCUT2D eigenvalue weighted by Gasteiger charge is -2.30. The molecule has 1 aliphatic heterocycles. The smallest absolute Gasteiger partial charge is 0.289 e. The van der Waals surface area contributed by atoms with Crippen molar-refractivity contribution in [2.75, 3.05) is 18.4 Å². The molecule has 0 radical (unpaired) electrons. The lowest BCUT2D eigenvalue weighted by molar-refractivity contribution is -0.384. The van der Waals surface area contributed by atoms with E-state index in [1.165, 1.54) is 22.5 Å². The minimum absolute atomic E-state index is 0.0115. The number of carbonyl (C=O) groups is 1. The fraction of sp³-hybridized carbons (Fsp3) is 0.316. The van der Waals surface area contributed by atoms with E-state index in [0.717, 1.165) is 5.56 Å². The van der Waals surface area contributed by atoms with E-state index in [1.54, 1.807) is 24.3 Å². The van der Waals surface area contributed by atoms with Gasteiger partial charge in [-0.2, -0.15) is 4.31 Å². The number of nitrogens with zero attached hydrogens (tertiary/aromatic N) is 2. The van der Waals surface area contributed by atoms with Crippen LogP contribution in [0.1, 0.15) is 18.4 Å². The molecule has 0 aromatic heterocycles. The first kappa shape index (κ1) is 21.2. The number of piperidine rings is 1. The number of aryl methyl sites for hydroxylation is 1. The Labute approximate surface area is 173 Å². The van der Waals surface area contributed by atoms with Crippen molar-refractivity contribution in [3.8, 4) is 0 Å². The SMILES string of the molecule is Cc1ccc(S(=O)(=O)N2CCC(C(=O)Nc3ccc(Cl)c([N+](=O)[O-])c3)CC2)cc1. The van der Waals surface area contributed by atoms with Crippen LogP contribution in [-0.2, 0) is 14.8 Å². The summed E-state index contributed by atoms with van der Waals surface area (Å²) >= 11 is 5.78. The third-order valence-corrected chi connectivity index (χ3v) is 7.13. The van der Waals surface area contributed by atoms with Crippen LogP contribution in [0.15, 0.2) is 47.4 Å². The highest BCUT2D eigenvalue weighted by atomic mass is 35.5. The highest BCUT2D eigenvalue weighted by molar-refractivity contribution is 7.89. The van der Waals surface area contributed by atoms with Gasteiger partial charge in [-0.05, 0) is 44.0 Å². The second kappa shape index (κ2) is 8.48. The molecule has 1 saturated heterocycles. The number of sulfonamides is 1. The molecule has 2 aromatic rings. The summed E-state index contributed by atoms with van der Waals surface area (Å²) < 4.78 is 26.9. The number of hydrogen-bond donors (Lipinski definition) is 1. The van der Waals surface area contributed by atoms with Crippen LogP contribution in [0.4, 0.5) is 11.4 Å². The molecule has 2 aromatic carbocycles. The molecule has 10 heteroatoms. The quantitative estimate of drug-likeness (QED) is 0.567. The van der Waals surface area contributed by atoms with Crippen molar-refractivity contribution in [3.63, 3.8) is 0 Å². The predicted molar refractivity (Wildman–Crippen MR) is 109 cm³/mol. The van der Waals surface area contributed by atoms with Gasteiger partial charge in [-0.1, -0.05) is 29.3 Å². The lowest BCUT2D eigenvalue weighted by atomic mass is 9.97. The Morgan fingerprint density at radius 3 is 2.38 bits per heavy atom. The fourth-order valence-electron chi connectivity index (χ4n) is 3.19. The van der Waals surface area contributed by atoms with E-state index >= 15 is 0 Å². The molecule has 0 aliphatic carbocycles. The first-order valence-electron chi connectivity index (χ1n) is 9.00. The van der Waals surface area contributed by atoms with Gasteiger partial charge in [-0.3, -0.25) is 14.9 Å². The number of nitro benzene ring substituents is 1. The number of benzene rings is 2. The molecule has 1 heterocycles. The van der Waals surface area contributed by atoms with Crippen LogP contribution in [0.3, 0.4) is 0 Å². The normalized spacial score (nSPS) is 15.8. The van der Waals surface area contributed by atoms with E-state index in [4.69, 9.17) is 11.6 Å². The number of halogens is 1. The van der Waals surface area contributed by atoms with Crippen molar-refractivity contribution >= 4 is 38.9 Å². The highest BCUT2D eigenvalue weighted by Gasteiger charge is 2.32. The maximum absolute atomic E-state index is 12.7. The van der Waals surface area contributed by atoms with Gasteiger partial charge < -0.3 is 5.32 Å². The standard InChI is InChI=1S/C19H20ClN3O5S/c1-13-2-5-16(6-3-13)29(27,28)22-10-8-14(9-11-22)19(24)21-15-4-7-17(20)18(12-15)23(25)26/h2-7,12,14H,8-11H2,1H3,(H,21,24). The minimum atomic E-state index is -3.59. The molecule has 0 bridgehead atoms. The maximum atomic E-state index is 12.7. The Kier molecular flexibility index (Phi) is 6.21. The van der Waals surface area contributed by atoms with Crippen LogP contribution in [0, 0.1) is 23.0 Å². The molecule has 1 fully saturated rings. The van der Waals surface area contributed by atoms with E-state index < -0.39 is 14.9 Å². The highest BCUT2D eigenvalue weighted by Crippen LogP contribution is 2.29. The van der Waals surface area contributed by atoms with Crippen molar-refractivity contribution in [2.45, 2.75) is 24.7 Å². The Balaban J connectivity index is 1.63. The minimum Gasteiger partial charge on any atom is -0.326 e. The maximum Gasteiger partial charge on any atom is 0.289 e. The molecule has 3 rings (SSSR count). The molecule has 154 valence electrons. The largest absolute Gasteiger partial charge is 0.326 e. The Morgan fingerprint density at radius 1 is 1.17 bits per heavy atom. The van der Waals surface area contributed by atoms with Crippen molar-refractivity contribution in [3.05, 3.63) is 63.2 Å². The van der Waals surface area contributed by atoms with Crippen molar-refractivity contribution in [1.82, 2.24) is 4.31 Å². The van der Waals surface area contributed by atoms with Gasteiger partial charge in [0.05, 0.1) is 9.82 Å². The van der Waals surface area contributed by atoms with Crippen LogP contribution >= 0.6 is 11.6 Å². The molecular formula is C19H20ClN3O5S. The van der Waals surface area contributed by atoms with Crippen LogP contribution in [0.5, 0.6) is 0 Å². The topological polar surface area (TPSA) is 110 Å². The summed E-state index contributed by atoms with van der Waals surface area (Å²) in [6.45, 7) is 2.35. The first-order chi connectivity index (χ1) is 13.7. The van der Waals surface area contributed by atoms with Gasteiger partial charge >= 0.3 is 0 Å². The summed E-state index contributed by atoms with van der Waals surface area (Å²) in [5.74, 6) is -0.678. The molecule has 1 N–H and O–H groups in total. The Morgan fingerprint density at radius 2 is 1.79 bits per heavy atom. The second-order valence-corrected chi connectivity index (χ2v) is 9.25. The molecule has 1 aliphatic rings. The van der Waals surface area contributed by atoms with Gasteiger partial charge in [0.1, 0.15) is 5.02 Å². The second-order valence-electron chi connectivity index (χ2n) is 6.90. The summed E-state index contributed by atoms with van der Waals surface area (Å²) in [7, 11) is -3.59. The third kappa shape index (κ3) is 4.75. The monoisotopic (exact) mass is 437 g/mol. The van der Waals surface area contributed by atoms with Gasteiger partial charge in [0.15, 0.2) is 0 Å². The molecule has 8 nitrogen and oxygen atoms in total. The number of carbonyl (C=O) groups excluding carboxylic acids is 1. The number of nitrogens with one attached hydrogen (secondary N) is 1. The van der Waals surface area contributed by atoms with E-state index in [2.05, 4.69) is 5.32 Å². The summed E-state index contributed by atoms with van der Waals surface area (Å²) in [6, 6.07) is 10.7. The summed E-state index contributed by atoms with van der Waals surface area (Å²) in [4.78, 5) is 23.1. The first-order valence-corrected chi connectivity index (χ1v) is 10.8. The van der Waals surface area contributed by atoms with Crippen LogP contribution < -0.4 is 5.32 Å². The van der Waals surface area contributed by atoms with E-state index in [-0.39, 0.29) is 46.2 Å². The number of rotatable bonds is 5. The number of nitro groups is 1. The third-order valence-electron chi connectivity index (χ3n) is 4.89. The van der Waals surface area contributed by atoms with Crippen molar-refractivity contribution in [2.24, 2.45) is 5.92 Å². The number of amides is 1. The summed E-state index contributed by atoms with van der Waals surface area (Å²) in [5.41, 5.74) is 0.964. The number of hydrogen-bond acceptors (Lipinski definition) is 5. The van der Waals surface area contributed by atoms with Crippen LogP contribution in [0.25, 0.3) is 0 Å². The van der Waals surface area contributed by atoms with E-state index in [0.29, 0.717) is 12.8 Å². The zero-order chi connectivity index (χ0) is 21.2. The molecule has 0 saturated carbocycles. The average molecular weight is 438 g/mol. The van der Waals surface area contributed by atoms with Crippen molar-refractivity contribution < 1.29 is 18.1 Å². The van der Waals surface area contributed by atoms with Gasteiger partial charge in [-0.15, -0.1) is 0 Å². The summed E-state index contributed by atoms with van der Waals surface area (Å²) in [5, 5.41) is 13.6. The predicted octanol–water partition coefficient (Wildman–Crippen LogP) is 3.60. The zero-order valence-corrected chi connectivity index (χ0v) is 17.2. The molecule has 0 unspecified atom stereocenters. The molecular weight excluding hydrogens is 418 g/mol. The molecule has 0 atom stereocenters. The Bertz CT molecular complexity index is 1030. The van der Waals surface area contributed by atoms with E-state index in [9.17, 15) is 23.3 Å². The molecule has 29 heavy (non-hydrogen) atoms. The fourth-order valence-corrected chi connectivity index (χ4v) is 4.85. The van der Waals surface area contributed by atoms with Gasteiger partial charge in [0, 0.05) is 30.8 Å². The van der Waals surface area contributed by atoms with Crippen molar-refractivity contribution in [1.29, 1.82) is 0 Å². The molecule has 0 spiro atoms. The van der Waals surface area contributed by atoms with Gasteiger partial charge in [0.25, 0.3) is 5.69 Å². The van der Waals surface area contributed by atoms with Crippen LogP contribution in [0.2, 0.25) is 5.02 Å². The lowest BCUT2D eigenvalue weighted by Crippen LogP contribution is -2.41. The van der Waals surface area contributed by atoms with Gasteiger partial charge in [0.2, 0.25) is 15.9 Å². The van der Waals surface area contributed by atoms with Gasteiger partial charge in [-0.25, -0.2) is 8.42 Å². The molecule has 1 amide bonds.